The van der Waals surface area contributed by atoms with Gasteiger partial charge in [-0.2, -0.15) is 0 Å². The number of hydrogen-bond donors (Lipinski definition) is 0. The molecule has 0 unspecified atom stereocenters. The summed E-state index contributed by atoms with van der Waals surface area (Å²) in [7, 11) is 0. The van der Waals surface area contributed by atoms with Crippen molar-refractivity contribution in [3.63, 3.8) is 0 Å². The van der Waals surface area contributed by atoms with Crippen molar-refractivity contribution in [2.45, 2.75) is 25.7 Å². The van der Waals surface area contributed by atoms with Crippen LogP contribution in [0.15, 0.2) is 170 Å². The predicted octanol–water partition coefficient (Wildman–Crippen LogP) is 12.6. The van der Waals surface area contributed by atoms with Gasteiger partial charge in [0.2, 0.25) is 0 Å². The van der Waals surface area contributed by atoms with Gasteiger partial charge in [-0.25, -0.2) is 0 Å². The zero-order chi connectivity index (χ0) is 33.0. The first-order chi connectivity index (χ1) is 24.8. The lowest BCUT2D eigenvalue weighted by Gasteiger charge is -2.16. The molecule has 0 bridgehead atoms. The lowest BCUT2D eigenvalue weighted by atomic mass is 9.94. The molecule has 7 aromatic carbocycles. The highest BCUT2D eigenvalue weighted by atomic mass is 15.0. The van der Waals surface area contributed by atoms with Gasteiger partial charge in [0, 0.05) is 33.2 Å². The van der Waals surface area contributed by atoms with Gasteiger partial charge < -0.3 is 9.13 Å². The minimum Gasteiger partial charge on any atom is -0.313 e. The number of para-hydroxylation sites is 1. The van der Waals surface area contributed by atoms with Gasteiger partial charge in [-0.05, 0) is 119 Å². The Morgan fingerprint density at radius 2 is 0.780 bits per heavy atom. The van der Waals surface area contributed by atoms with E-state index in [9.17, 15) is 0 Å². The fraction of sp³-hybridized carbons (Fsp3) is 0.0833. The molecule has 10 rings (SSSR count). The van der Waals surface area contributed by atoms with E-state index in [4.69, 9.17) is 0 Å². The molecule has 2 heterocycles. The Hall–Kier alpha value is -6.12. The molecule has 2 aromatic heterocycles. The highest BCUT2D eigenvalue weighted by Crippen LogP contribution is 2.39. The monoisotopic (exact) mass is 640 g/mol. The lowest BCUT2D eigenvalue weighted by molar-refractivity contribution is 0.667. The summed E-state index contributed by atoms with van der Waals surface area (Å²) in [6, 6.07) is 62.3. The number of fused-ring (bicyclic) bond motifs is 6. The van der Waals surface area contributed by atoms with Crippen molar-refractivity contribution in [2.75, 3.05) is 0 Å². The largest absolute Gasteiger partial charge is 0.313 e. The van der Waals surface area contributed by atoms with Gasteiger partial charge in [0.15, 0.2) is 0 Å². The third-order valence-electron chi connectivity index (χ3n) is 10.7. The summed E-state index contributed by atoms with van der Waals surface area (Å²) < 4.78 is 4.94. The number of nitrogens with zero attached hydrogens (tertiary/aromatic N) is 2. The summed E-state index contributed by atoms with van der Waals surface area (Å²) in [6.45, 7) is 0. The zero-order valence-electron chi connectivity index (χ0n) is 27.9. The van der Waals surface area contributed by atoms with E-state index in [2.05, 4.69) is 179 Å². The SMILES string of the molecule is c1ccc(-c2ccc(-n3c4c(c5cc(-c6ccc7c(c6)c6ccccc6n7-c6ccc(-c7ccccc7)cc6)ccc53)CCCC4)cc2)cc1. The number of aromatic nitrogens is 2. The first-order valence-corrected chi connectivity index (χ1v) is 17.8. The van der Waals surface area contributed by atoms with E-state index < -0.39 is 0 Å². The average molecular weight is 641 g/mol. The average Bonchev–Trinajstić information content (AvgIpc) is 3.71. The Labute approximate surface area is 292 Å². The standard InChI is InChI=1S/C48H36N2/c1-3-11-33(12-4-1)35-19-25-39(26-20-35)49-45-17-9-7-15-41(45)43-31-37(23-29-47(43)49)38-24-30-48-44(32-38)42-16-8-10-18-46(42)50(48)40-27-21-36(22-28-40)34-13-5-2-6-14-34/h1-7,9,11-15,17,19-32H,8,10,16,18H2. The second kappa shape index (κ2) is 11.8. The molecule has 0 spiro atoms. The predicted molar refractivity (Wildman–Crippen MR) is 211 cm³/mol. The summed E-state index contributed by atoms with van der Waals surface area (Å²) in [5.74, 6) is 0. The Morgan fingerprint density at radius 1 is 0.320 bits per heavy atom. The van der Waals surface area contributed by atoms with E-state index in [0.29, 0.717) is 0 Å². The van der Waals surface area contributed by atoms with E-state index in [1.807, 2.05) is 0 Å². The van der Waals surface area contributed by atoms with Crippen LogP contribution in [0.1, 0.15) is 24.1 Å². The fourth-order valence-corrected chi connectivity index (χ4v) is 8.32. The Bertz CT molecular complexity index is 2660. The molecule has 0 saturated heterocycles. The van der Waals surface area contributed by atoms with Crippen molar-refractivity contribution in [3.8, 4) is 44.8 Å². The number of hydrogen-bond acceptors (Lipinski definition) is 0. The van der Waals surface area contributed by atoms with E-state index in [1.165, 1.54) is 102 Å². The molecule has 2 heteroatoms. The van der Waals surface area contributed by atoms with Gasteiger partial charge in [-0.3, -0.25) is 0 Å². The molecular weight excluding hydrogens is 605 g/mol. The maximum absolute atomic E-state index is 2.53. The van der Waals surface area contributed by atoms with Crippen LogP contribution in [0.25, 0.3) is 77.5 Å². The molecule has 0 aliphatic heterocycles. The molecule has 0 radical (unpaired) electrons. The van der Waals surface area contributed by atoms with Crippen LogP contribution >= 0.6 is 0 Å². The quantitative estimate of drug-likeness (QED) is 0.177. The van der Waals surface area contributed by atoms with E-state index in [0.717, 1.165) is 12.8 Å². The summed E-state index contributed by atoms with van der Waals surface area (Å²) in [5.41, 5.74) is 16.7. The van der Waals surface area contributed by atoms with E-state index in [1.54, 1.807) is 0 Å². The van der Waals surface area contributed by atoms with Crippen molar-refractivity contribution < 1.29 is 0 Å². The van der Waals surface area contributed by atoms with Crippen molar-refractivity contribution in [1.29, 1.82) is 0 Å². The van der Waals surface area contributed by atoms with Crippen LogP contribution in [-0.2, 0) is 12.8 Å². The van der Waals surface area contributed by atoms with Gasteiger partial charge in [-0.15, -0.1) is 0 Å². The molecule has 9 aromatic rings. The van der Waals surface area contributed by atoms with Crippen LogP contribution in [0.4, 0.5) is 0 Å². The van der Waals surface area contributed by atoms with Crippen LogP contribution in [0, 0.1) is 0 Å². The van der Waals surface area contributed by atoms with Crippen molar-refractivity contribution in [2.24, 2.45) is 0 Å². The highest BCUT2D eigenvalue weighted by molar-refractivity contribution is 6.10. The maximum Gasteiger partial charge on any atom is 0.0541 e. The summed E-state index contributed by atoms with van der Waals surface area (Å²) in [6.07, 6.45) is 4.76. The Kier molecular flexibility index (Phi) is 6.80. The molecule has 0 saturated carbocycles. The molecule has 2 nitrogen and oxygen atoms in total. The van der Waals surface area contributed by atoms with Gasteiger partial charge in [0.1, 0.15) is 0 Å². The number of benzene rings is 7. The summed E-state index contributed by atoms with van der Waals surface area (Å²) in [5, 5.41) is 3.95. The molecular formula is C48H36N2. The van der Waals surface area contributed by atoms with Crippen LogP contribution in [0.3, 0.4) is 0 Å². The van der Waals surface area contributed by atoms with E-state index >= 15 is 0 Å². The van der Waals surface area contributed by atoms with Crippen molar-refractivity contribution in [1.82, 2.24) is 9.13 Å². The van der Waals surface area contributed by atoms with Gasteiger partial charge in [-0.1, -0.05) is 115 Å². The first kappa shape index (κ1) is 28.9. The first-order valence-electron chi connectivity index (χ1n) is 17.8. The highest BCUT2D eigenvalue weighted by Gasteiger charge is 2.22. The van der Waals surface area contributed by atoms with Crippen molar-refractivity contribution in [3.05, 3.63) is 181 Å². The smallest absolute Gasteiger partial charge is 0.0541 e. The molecule has 50 heavy (non-hydrogen) atoms. The molecule has 0 fully saturated rings. The van der Waals surface area contributed by atoms with Gasteiger partial charge >= 0.3 is 0 Å². The molecule has 1 aliphatic rings. The van der Waals surface area contributed by atoms with Crippen LogP contribution in [0.5, 0.6) is 0 Å². The van der Waals surface area contributed by atoms with E-state index in [-0.39, 0.29) is 0 Å². The number of aryl methyl sites for hydroxylation is 1. The summed E-state index contributed by atoms with van der Waals surface area (Å²) >= 11 is 0. The molecule has 0 atom stereocenters. The third-order valence-corrected chi connectivity index (χ3v) is 10.7. The maximum atomic E-state index is 2.53. The normalized spacial score (nSPS) is 12.9. The summed E-state index contributed by atoms with van der Waals surface area (Å²) in [4.78, 5) is 0. The molecule has 0 N–H and O–H groups in total. The minimum atomic E-state index is 1.12. The van der Waals surface area contributed by atoms with Crippen LogP contribution in [0.2, 0.25) is 0 Å². The second-order valence-electron chi connectivity index (χ2n) is 13.6. The Morgan fingerprint density at radius 3 is 1.42 bits per heavy atom. The third kappa shape index (κ3) is 4.71. The number of rotatable bonds is 5. The zero-order valence-corrected chi connectivity index (χ0v) is 27.9. The van der Waals surface area contributed by atoms with Gasteiger partial charge in [0.25, 0.3) is 0 Å². The molecule has 238 valence electrons. The molecule has 1 aliphatic carbocycles. The minimum absolute atomic E-state index is 1.12. The van der Waals surface area contributed by atoms with Crippen LogP contribution in [-0.4, -0.2) is 9.13 Å². The van der Waals surface area contributed by atoms with Crippen LogP contribution < -0.4 is 0 Å². The topological polar surface area (TPSA) is 9.86 Å². The van der Waals surface area contributed by atoms with Gasteiger partial charge in [0.05, 0.1) is 16.6 Å². The lowest BCUT2D eigenvalue weighted by Crippen LogP contribution is -2.06. The molecule has 0 amide bonds. The second-order valence-corrected chi connectivity index (χ2v) is 13.6. The van der Waals surface area contributed by atoms with Crippen molar-refractivity contribution >= 4 is 32.7 Å². The Balaban J connectivity index is 1.07. The fourth-order valence-electron chi connectivity index (χ4n) is 8.32.